The first-order valence-electron chi connectivity index (χ1n) is 10.4. The Labute approximate surface area is 168 Å². The van der Waals surface area contributed by atoms with Gasteiger partial charge in [0, 0.05) is 51.3 Å². The van der Waals surface area contributed by atoms with Crippen molar-refractivity contribution in [2.24, 2.45) is 5.92 Å². The van der Waals surface area contributed by atoms with Crippen LogP contribution in [0.3, 0.4) is 0 Å². The van der Waals surface area contributed by atoms with Crippen molar-refractivity contribution in [3.63, 3.8) is 0 Å². The van der Waals surface area contributed by atoms with Crippen LogP contribution in [-0.4, -0.2) is 43.2 Å². The fraction of sp³-hybridized carbons (Fsp3) is 0.652. The largest absolute Gasteiger partial charge is 0.378 e. The van der Waals surface area contributed by atoms with Gasteiger partial charge in [0.25, 0.3) is 0 Å². The second-order valence-electron chi connectivity index (χ2n) is 8.63. The smallest absolute Gasteiger partial charge is 0.219 e. The van der Waals surface area contributed by atoms with Crippen molar-refractivity contribution in [2.75, 3.05) is 14.2 Å². The zero-order chi connectivity index (χ0) is 20.2. The number of amides is 1. The molecule has 154 valence electrons. The van der Waals surface area contributed by atoms with Gasteiger partial charge in [0.1, 0.15) is 0 Å². The average Bonchev–Trinajstić information content (AvgIpc) is 2.98. The third-order valence-electron chi connectivity index (χ3n) is 6.28. The number of hydrogen-bond donors (Lipinski definition) is 1. The molecular formula is C23H33NO4. The van der Waals surface area contributed by atoms with Gasteiger partial charge in [-0.05, 0) is 38.7 Å². The van der Waals surface area contributed by atoms with Gasteiger partial charge in [-0.3, -0.25) is 9.59 Å². The highest BCUT2D eigenvalue weighted by Crippen LogP contribution is 2.55. The maximum atomic E-state index is 12.2. The molecule has 1 N–H and O–H groups in total. The zero-order valence-corrected chi connectivity index (χ0v) is 17.3. The van der Waals surface area contributed by atoms with E-state index < -0.39 is 0 Å². The molecule has 0 aromatic heterocycles. The first-order valence-corrected chi connectivity index (χ1v) is 10.4. The van der Waals surface area contributed by atoms with Crippen molar-refractivity contribution in [3.05, 3.63) is 36.0 Å². The van der Waals surface area contributed by atoms with E-state index in [1.165, 1.54) is 0 Å². The summed E-state index contributed by atoms with van der Waals surface area (Å²) in [6, 6.07) is 0. The van der Waals surface area contributed by atoms with E-state index in [0.29, 0.717) is 6.42 Å². The number of nitrogens with one attached hydrogen (secondary N) is 1. The predicted molar refractivity (Wildman–Crippen MR) is 109 cm³/mol. The summed E-state index contributed by atoms with van der Waals surface area (Å²) in [5.41, 5.74) is 0.907. The number of ether oxygens (including phenoxy) is 2. The molecule has 1 spiro atoms. The number of carbonyl (C=O) groups is 2. The van der Waals surface area contributed by atoms with Crippen molar-refractivity contribution in [3.8, 4) is 0 Å². The Morgan fingerprint density at radius 1 is 1.36 bits per heavy atom. The maximum absolute atomic E-state index is 12.2. The Hall–Kier alpha value is -1.72. The monoisotopic (exact) mass is 387 g/mol. The van der Waals surface area contributed by atoms with Gasteiger partial charge in [0.2, 0.25) is 5.91 Å². The van der Waals surface area contributed by atoms with E-state index in [4.69, 9.17) is 9.47 Å². The molecule has 28 heavy (non-hydrogen) atoms. The van der Waals surface area contributed by atoms with Gasteiger partial charge in [-0.2, -0.15) is 0 Å². The molecule has 5 heteroatoms. The first-order chi connectivity index (χ1) is 13.4. The molecular weight excluding hydrogens is 354 g/mol. The lowest BCUT2D eigenvalue weighted by Gasteiger charge is -2.61. The Kier molecular flexibility index (Phi) is 6.56. The van der Waals surface area contributed by atoms with Crippen LogP contribution < -0.4 is 5.32 Å². The van der Waals surface area contributed by atoms with Crippen molar-refractivity contribution >= 4 is 11.7 Å². The lowest BCUT2D eigenvalue weighted by Crippen LogP contribution is -2.65. The Morgan fingerprint density at radius 2 is 2.11 bits per heavy atom. The van der Waals surface area contributed by atoms with Crippen molar-refractivity contribution in [1.82, 2.24) is 5.32 Å². The van der Waals surface area contributed by atoms with Gasteiger partial charge >= 0.3 is 0 Å². The highest BCUT2D eigenvalue weighted by Gasteiger charge is 2.59. The summed E-state index contributed by atoms with van der Waals surface area (Å²) >= 11 is 0. The molecule has 1 saturated carbocycles. The fourth-order valence-corrected chi connectivity index (χ4v) is 4.74. The van der Waals surface area contributed by atoms with Crippen molar-refractivity contribution < 1.29 is 19.1 Å². The molecule has 3 rings (SSSR count). The van der Waals surface area contributed by atoms with Gasteiger partial charge < -0.3 is 14.8 Å². The summed E-state index contributed by atoms with van der Waals surface area (Å²) in [5.74, 6) is 0.372. The normalized spacial score (nSPS) is 35.5. The van der Waals surface area contributed by atoms with Gasteiger partial charge in [-0.25, -0.2) is 0 Å². The van der Waals surface area contributed by atoms with E-state index in [1.54, 1.807) is 20.2 Å². The van der Waals surface area contributed by atoms with Crippen LogP contribution in [0.2, 0.25) is 0 Å². The third kappa shape index (κ3) is 4.81. The molecule has 1 heterocycles. The molecule has 2 fully saturated rings. The first kappa shape index (κ1) is 21.0. The lowest BCUT2D eigenvalue weighted by molar-refractivity contribution is -0.300. The molecule has 0 bridgehead atoms. The standard InChI is InChI=1S/C23H33NO4/c1-22(27-3)15-23(16-22)14-18(28-23)11-12-19-17(10-13-20(19)25)8-6-4-5-7-9-21(26)24-2/h4,6,10,12-13,17-18H,5,7-9,11,14-16H2,1-3H3,(H,24,26). The molecule has 0 radical (unpaired) electrons. The topological polar surface area (TPSA) is 64.6 Å². The van der Waals surface area contributed by atoms with Crippen LogP contribution in [0.5, 0.6) is 0 Å². The van der Waals surface area contributed by atoms with E-state index in [0.717, 1.165) is 50.5 Å². The zero-order valence-electron chi connectivity index (χ0n) is 17.3. The molecule has 2 atom stereocenters. The van der Waals surface area contributed by atoms with Gasteiger partial charge in [-0.1, -0.05) is 24.3 Å². The van der Waals surface area contributed by atoms with E-state index in [9.17, 15) is 9.59 Å². The van der Waals surface area contributed by atoms with Crippen LogP contribution in [0.1, 0.15) is 58.3 Å². The average molecular weight is 388 g/mol. The minimum atomic E-state index is -0.0213. The Morgan fingerprint density at radius 3 is 2.79 bits per heavy atom. The van der Waals surface area contributed by atoms with Crippen molar-refractivity contribution in [1.29, 1.82) is 0 Å². The molecule has 1 aliphatic heterocycles. The van der Waals surface area contributed by atoms with Crippen LogP contribution in [0.25, 0.3) is 0 Å². The van der Waals surface area contributed by atoms with Gasteiger partial charge in [0.15, 0.2) is 5.78 Å². The molecule has 2 unspecified atom stereocenters. The summed E-state index contributed by atoms with van der Waals surface area (Å²) in [5, 5.41) is 2.63. The Balaban J connectivity index is 1.39. The Bertz CT molecular complexity index is 677. The molecule has 3 aliphatic rings. The van der Waals surface area contributed by atoms with Crippen LogP contribution >= 0.6 is 0 Å². The van der Waals surface area contributed by atoms with E-state index in [-0.39, 0.29) is 34.9 Å². The van der Waals surface area contributed by atoms with E-state index in [2.05, 4.69) is 30.5 Å². The fourth-order valence-electron chi connectivity index (χ4n) is 4.74. The second-order valence-corrected chi connectivity index (χ2v) is 8.63. The van der Waals surface area contributed by atoms with Gasteiger partial charge in [0.05, 0.1) is 17.3 Å². The van der Waals surface area contributed by atoms with Crippen LogP contribution in [-0.2, 0) is 19.1 Å². The van der Waals surface area contributed by atoms with Crippen molar-refractivity contribution in [2.45, 2.75) is 75.6 Å². The minimum Gasteiger partial charge on any atom is -0.378 e. The number of carbonyl (C=O) groups excluding carboxylic acids is 2. The molecule has 5 nitrogen and oxygen atoms in total. The summed E-state index contributed by atoms with van der Waals surface area (Å²) in [7, 11) is 3.43. The van der Waals surface area contributed by atoms with Crippen LogP contribution in [0.4, 0.5) is 0 Å². The quantitative estimate of drug-likeness (QED) is 0.373. The number of methoxy groups -OCH3 is 1. The van der Waals surface area contributed by atoms with E-state index >= 15 is 0 Å². The molecule has 1 amide bonds. The molecule has 2 aliphatic carbocycles. The van der Waals surface area contributed by atoms with E-state index in [1.807, 2.05) is 6.08 Å². The number of allylic oxidation sites excluding steroid dienone is 5. The number of rotatable bonds is 9. The van der Waals surface area contributed by atoms with Crippen LogP contribution in [0, 0.1) is 5.92 Å². The summed E-state index contributed by atoms with van der Waals surface area (Å²) < 4.78 is 11.7. The number of unbranched alkanes of at least 4 members (excludes halogenated alkanes) is 1. The SMILES string of the molecule is CNC(=O)CCCC=CCC1C=CC(=O)C1=CCC1CC2(CC(C)(OC)C2)O1. The molecule has 0 aromatic carbocycles. The van der Waals surface area contributed by atoms with Crippen LogP contribution in [0.15, 0.2) is 36.0 Å². The number of ketones is 1. The second kappa shape index (κ2) is 8.75. The molecule has 1 saturated heterocycles. The highest BCUT2D eigenvalue weighted by atomic mass is 16.6. The summed E-state index contributed by atoms with van der Waals surface area (Å²) in [4.78, 5) is 23.4. The summed E-state index contributed by atoms with van der Waals surface area (Å²) in [6.45, 7) is 2.14. The molecule has 0 aromatic rings. The summed E-state index contributed by atoms with van der Waals surface area (Å²) in [6.07, 6.45) is 17.2. The highest BCUT2D eigenvalue weighted by molar-refractivity contribution is 6.07. The predicted octanol–water partition coefficient (Wildman–Crippen LogP) is 3.65. The van der Waals surface area contributed by atoms with Gasteiger partial charge in [-0.15, -0.1) is 0 Å². The minimum absolute atomic E-state index is 0.0213. The third-order valence-corrected chi connectivity index (χ3v) is 6.28. The maximum Gasteiger partial charge on any atom is 0.219 e. The lowest BCUT2D eigenvalue weighted by atomic mass is 9.62. The number of hydrogen-bond acceptors (Lipinski definition) is 4.